The van der Waals surface area contributed by atoms with Gasteiger partial charge in [-0.3, -0.25) is 4.79 Å². The number of carbonyl (C=O) groups excluding carboxylic acids is 1. The summed E-state index contributed by atoms with van der Waals surface area (Å²) < 4.78 is 0. The number of benzene rings is 1. The minimum absolute atomic E-state index is 0.0199. The van der Waals surface area contributed by atoms with Crippen LogP contribution in [-0.2, 0) is 0 Å². The lowest BCUT2D eigenvalue weighted by atomic mass is 10.1. The van der Waals surface area contributed by atoms with Gasteiger partial charge in [-0.05, 0) is 32.9 Å². The topological polar surface area (TPSA) is 49.3 Å². The molecule has 3 nitrogen and oxygen atoms in total. The van der Waals surface area contributed by atoms with E-state index in [0.29, 0.717) is 5.88 Å². The molecule has 0 aromatic heterocycles. The SMILES string of the molecule is Cc1ccc(O)c(C(=O)NC(C)(C)CCl)c1. The highest BCUT2D eigenvalue weighted by atomic mass is 35.5. The van der Waals surface area contributed by atoms with E-state index in [2.05, 4.69) is 5.32 Å². The summed E-state index contributed by atoms with van der Waals surface area (Å²) >= 11 is 5.72. The van der Waals surface area contributed by atoms with Crippen molar-refractivity contribution in [3.05, 3.63) is 29.3 Å². The fourth-order valence-corrected chi connectivity index (χ4v) is 1.31. The summed E-state index contributed by atoms with van der Waals surface area (Å²) in [5.74, 6) is -0.0222. The quantitative estimate of drug-likeness (QED) is 0.799. The smallest absolute Gasteiger partial charge is 0.255 e. The van der Waals surface area contributed by atoms with Crippen LogP contribution in [0.4, 0.5) is 0 Å². The number of alkyl halides is 1. The van der Waals surface area contributed by atoms with Crippen molar-refractivity contribution < 1.29 is 9.90 Å². The normalized spacial score (nSPS) is 11.2. The molecular weight excluding hydrogens is 226 g/mol. The van der Waals surface area contributed by atoms with Crippen LogP contribution in [0.2, 0.25) is 0 Å². The van der Waals surface area contributed by atoms with Crippen molar-refractivity contribution in [2.24, 2.45) is 0 Å². The van der Waals surface area contributed by atoms with Gasteiger partial charge in [-0.1, -0.05) is 11.6 Å². The average Bonchev–Trinajstić information content (AvgIpc) is 2.21. The number of aromatic hydroxyl groups is 1. The molecule has 0 fully saturated rings. The van der Waals surface area contributed by atoms with Gasteiger partial charge < -0.3 is 10.4 Å². The highest BCUT2D eigenvalue weighted by molar-refractivity contribution is 6.18. The molecule has 2 N–H and O–H groups in total. The molecule has 0 bridgehead atoms. The molecule has 0 radical (unpaired) electrons. The Kier molecular flexibility index (Phi) is 3.81. The number of phenols is 1. The monoisotopic (exact) mass is 241 g/mol. The van der Waals surface area contributed by atoms with Gasteiger partial charge in [-0.25, -0.2) is 0 Å². The third kappa shape index (κ3) is 3.14. The molecule has 0 spiro atoms. The van der Waals surface area contributed by atoms with E-state index in [1.54, 1.807) is 12.1 Å². The van der Waals surface area contributed by atoms with Crippen LogP contribution in [0.3, 0.4) is 0 Å². The summed E-state index contributed by atoms with van der Waals surface area (Å²) in [5, 5.41) is 12.3. The third-order valence-corrected chi connectivity index (χ3v) is 2.85. The van der Waals surface area contributed by atoms with E-state index >= 15 is 0 Å². The molecule has 1 amide bonds. The maximum atomic E-state index is 11.9. The molecule has 0 saturated carbocycles. The van der Waals surface area contributed by atoms with Crippen molar-refractivity contribution in [3.8, 4) is 5.75 Å². The van der Waals surface area contributed by atoms with Crippen LogP contribution in [0, 0.1) is 6.92 Å². The van der Waals surface area contributed by atoms with Crippen molar-refractivity contribution >= 4 is 17.5 Å². The van der Waals surface area contributed by atoms with Crippen LogP contribution in [0.5, 0.6) is 5.75 Å². The van der Waals surface area contributed by atoms with Gasteiger partial charge in [0.2, 0.25) is 0 Å². The van der Waals surface area contributed by atoms with Gasteiger partial charge in [0.25, 0.3) is 5.91 Å². The van der Waals surface area contributed by atoms with E-state index in [1.807, 2.05) is 20.8 Å². The Morgan fingerprint density at radius 1 is 1.50 bits per heavy atom. The Morgan fingerprint density at radius 2 is 2.12 bits per heavy atom. The highest BCUT2D eigenvalue weighted by Gasteiger charge is 2.21. The van der Waals surface area contributed by atoms with Gasteiger partial charge in [0.15, 0.2) is 0 Å². The zero-order valence-electron chi connectivity index (χ0n) is 9.67. The first kappa shape index (κ1) is 12.8. The molecule has 16 heavy (non-hydrogen) atoms. The minimum Gasteiger partial charge on any atom is -0.507 e. The van der Waals surface area contributed by atoms with Crippen LogP contribution >= 0.6 is 11.6 Å². The molecule has 0 saturated heterocycles. The van der Waals surface area contributed by atoms with Crippen molar-refractivity contribution in [1.82, 2.24) is 5.32 Å². The molecule has 1 aromatic carbocycles. The number of amides is 1. The third-order valence-electron chi connectivity index (χ3n) is 2.18. The molecule has 1 rings (SSSR count). The maximum Gasteiger partial charge on any atom is 0.255 e. The summed E-state index contributed by atoms with van der Waals surface area (Å²) in [6, 6.07) is 4.91. The maximum absolute atomic E-state index is 11.9. The molecule has 1 aromatic rings. The van der Waals surface area contributed by atoms with E-state index in [9.17, 15) is 9.90 Å². The number of carbonyl (C=O) groups is 1. The lowest BCUT2D eigenvalue weighted by Crippen LogP contribution is -2.44. The Bertz CT molecular complexity index is 402. The lowest BCUT2D eigenvalue weighted by Gasteiger charge is -2.23. The van der Waals surface area contributed by atoms with Gasteiger partial charge >= 0.3 is 0 Å². The fourth-order valence-electron chi connectivity index (χ4n) is 1.24. The molecule has 4 heteroatoms. The van der Waals surface area contributed by atoms with Crippen molar-refractivity contribution in [2.75, 3.05) is 5.88 Å². The van der Waals surface area contributed by atoms with Crippen LogP contribution < -0.4 is 5.32 Å². The number of aryl methyl sites for hydroxylation is 1. The Morgan fingerprint density at radius 3 is 2.69 bits per heavy atom. The Labute approximate surface area is 100 Å². The summed E-state index contributed by atoms with van der Waals surface area (Å²) in [6.07, 6.45) is 0. The highest BCUT2D eigenvalue weighted by Crippen LogP contribution is 2.19. The second-order valence-electron chi connectivity index (χ2n) is 4.49. The molecule has 0 aliphatic carbocycles. The number of halogens is 1. The molecule has 0 aliphatic heterocycles. The van der Waals surface area contributed by atoms with Crippen LogP contribution in [-0.4, -0.2) is 22.4 Å². The summed E-state index contributed by atoms with van der Waals surface area (Å²) in [7, 11) is 0. The fraction of sp³-hybridized carbons (Fsp3) is 0.417. The van der Waals surface area contributed by atoms with Crippen molar-refractivity contribution in [1.29, 1.82) is 0 Å². The second-order valence-corrected chi connectivity index (χ2v) is 4.76. The van der Waals surface area contributed by atoms with Gasteiger partial charge in [0, 0.05) is 11.4 Å². The van der Waals surface area contributed by atoms with Crippen molar-refractivity contribution in [3.63, 3.8) is 0 Å². The van der Waals surface area contributed by atoms with E-state index in [1.165, 1.54) is 6.07 Å². The summed E-state index contributed by atoms with van der Waals surface area (Å²) in [6.45, 7) is 5.51. The van der Waals surface area contributed by atoms with Gasteiger partial charge in [-0.2, -0.15) is 0 Å². The van der Waals surface area contributed by atoms with Gasteiger partial charge in [-0.15, -0.1) is 11.6 Å². The minimum atomic E-state index is -0.491. The van der Waals surface area contributed by atoms with E-state index in [0.717, 1.165) is 5.56 Å². The van der Waals surface area contributed by atoms with Gasteiger partial charge in [0.1, 0.15) is 5.75 Å². The molecular formula is C12H16ClNO2. The number of nitrogens with one attached hydrogen (secondary N) is 1. The molecule has 0 heterocycles. The van der Waals surface area contributed by atoms with E-state index in [4.69, 9.17) is 11.6 Å². The first-order chi connectivity index (χ1) is 7.35. The number of rotatable bonds is 3. The summed E-state index contributed by atoms with van der Waals surface area (Å²) in [4.78, 5) is 11.9. The zero-order valence-corrected chi connectivity index (χ0v) is 10.4. The second kappa shape index (κ2) is 4.74. The number of hydrogen-bond donors (Lipinski definition) is 2. The predicted octanol–water partition coefficient (Wildman–Crippen LogP) is 2.45. The lowest BCUT2D eigenvalue weighted by molar-refractivity contribution is 0.0917. The first-order valence-electron chi connectivity index (χ1n) is 5.04. The van der Waals surface area contributed by atoms with E-state index < -0.39 is 5.54 Å². The molecule has 0 atom stereocenters. The van der Waals surface area contributed by atoms with Crippen molar-refractivity contribution in [2.45, 2.75) is 26.3 Å². The van der Waals surface area contributed by atoms with Crippen LogP contribution in [0.1, 0.15) is 29.8 Å². The predicted molar refractivity (Wildman–Crippen MR) is 65.1 cm³/mol. The van der Waals surface area contributed by atoms with E-state index in [-0.39, 0.29) is 17.2 Å². The first-order valence-corrected chi connectivity index (χ1v) is 5.57. The standard InChI is InChI=1S/C12H16ClNO2/c1-8-4-5-10(15)9(6-8)11(16)14-12(2,3)7-13/h4-6,15H,7H2,1-3H3,(H,14,16). The number of hydrogen-bond acceptors (Lipinski definition) is 2. The average molecular weight is 242 g/mol. The Balaban J connectivity index is 2.93. The zero-order chi connectivity index (χ0) is 12.3. The Hall–Kier alpha value is -1.22. The molecule has 0 aliphatic rings. The largest absolute Gasteiger partial charge is 0.507 e. The number of phenolic OH excluding ortho intramolecular Hbond substituents is 1. The molecule has 88 valence electrons. The van der Waals surface area contributed by atoms with Crippen LogP contribution in [0.15, 0.2) is 18.2 Å². The van der Waals surface area contributed by atoms with Crippen LogP contribution in [0.25, 0.3) is 0 Å². The van der Waals surface area contributed by atoms with Gasteiger partial charge in [0.05, 0.1) is 5.56 Å². The molecule has 0 unspecified atom stereocenters. The summed E-state index contributed by atoms with van der Waals surface area (Å²) in [5.41, 5.74) is 0.708.